The van der Waals surface area contributed by atoms with Crippen LogP contribution in [0.3, 0.4) is 0 Å². The molecule has 13 heavy (non-hydrogen) atoms. The Kier molecular flexibility index (Phi) is 8.65. The van der Waals surface area contributed by atoms with Crippen LogP contribution in [0.4, 0.5) is 0 Å². The van der Waals surface area contributed by atoms with Crippen LogP contribution in [0.5, 0.6) is 0 Å². The van der Waals surface area contributed by atoms with Gasteiger partial charge in [-0.3, -0.25) is 4.55 Å². The fourth-order valence-corrected chi connectivity index (χ4v) is 0.470. The first kappa shape index (κ1) is 15.4. The molecule has 0 aliphatic rings. The van der Waals surface area contributed by atoms with Gasteiger partial charge in [-0.15, -0.1) is 0 Å². The van der Waals surface area contributed by atoms with E-state index in [1.54, 1.807) is 0 Å². The van der Waals surface area contributed by atoms with Gasteiger partial charge in [-0.1, -0.05) is 6.92 Å². The first-order chi connectivity index (χ1) is 5.39. The van der Waals surface area contributed by atoms with Gasteiger partial charge in [0.05, 0.1) is 6.26 Å². The van der Waals surface area contributed by atoms with Gasteiger partial charge in [0.2, 0.25) is 0 Å². The van der Waals surface area contributed by atoms with Crippen LogP contribution in [-0.4, -0.2) is 42.3 Å². The van der Waals surface area contributed by atoms with E-state index in [2.05, 4.69) is 13.0 Å². The van der Waals surface area contributed by atoms with Crippen molar-refractivity contribution in [1.82, 2.24) is 0 Å². The molecule has 3 nitrogen and oxygen atoms in total. The van der Waals surface area contributed by atoms with Crippen molar-refractivity contribution < 1.29 is 13.0 Å². The van der Waals surface area contributed by atoms with Crippen molar-refractivity contribution in [2.75, 3.05) is 6.26 Å². The fraction of sp³-hybridized carbons (Fsp3) is 0.250. The molecule has 0 aliphatic heterocycles. The molecule has 1 aromatic carbocycles. The predicted octanol–water partition coefficient (Wildman–Crippen LogP) is 0.918. The molecule has 0 amide bonds. The van der Waals surface area contributed by atoms with Crippen LogP contribution >= 0.6 is 0 Å². The Labute approximate surface area is 95.1 Å². The Hall–Kier alpha value is -0.104. The minimum absolute atomic E-state index is 0. The summed E-state index contributed by atoms with van der Waals surface area (Å²) in [6.07, 6.45) is 0.715. The first-order valence-electron chi connectivity index (χ1n) is 3.25. The summed E-state index contributed by atoms with van der Waals surface area (Å²) in [5.41, 5.74) is 1.29. The van der Waals surface area contributed by atoms with Crippen LogP contribution in [-0.2, 0) is 10.1 Å². The maximum Gasteiger partial charge on any atom is 2.00 e. The molecule has 0 radical (unpaired) electrons. The van der Waals surface area contributed by atoms with E-state index < -0.39 is 10.1 Å². The predicted molar refractivity (Wildman–Crippen MR) is 53.2 cm³/mol. The van der Waals surface area contributed by atoms with E-state index in [-0.39, 0.29) is 23.1 Å². The second kappa shape index (κ2) is 7.31. The molecule has 68 valence electrons. The van der Waals surface area contributed by atoms with Gasteiger partial charge in [0.1, 0.15) is 0 Å². The van der Waals surface area contributed by atoms with E-state index in [1.807, 2.05) is 24.3 Å². The monoisotopic (exact) mass is 211 g/mol. The maximum absolute atomic E-state index is 9.19. The molecular formula is C8H11MgO3S+. The molecule has 0 saturated heterocycles. The number of hydrogen-bond acceptors (Lipinski definition) is 2. The topological polar surface area (TPSA) is 54.4 Å². The molecular weight excluding hydrogens is 200 g/mol. The molecule has 0 spiro atoms. The Bertz CT molecular complexity index is 299. The quantitative estimate of drug-likeness (QED) is 0.394. The Morgan fingerprint density at radius 1 is 1.31 bits per heavy atom. The van der Waals surface area contributed by atoms with Gasteiger partial charge in [-0.25, -0.2) is 0 Å². The second-order valence-corrected chi connectivity index (χ2v) is 3.78. The normalized spacial score (nSPS) is 9.15. The molecule has 1 aromatic rings. The summed E-state index contributed by atoms with van der Waals surface area (Å²) in [5.74, 6) is 0. The standard InChI is InChI=1S/C7H7.CH4O3S.Mg/c1-7-5-3-2-4-6-7;1-5(2,3)4;/h3-6H,1H3;1H3,(H,2,3,4);/q-1;;+2. The van der Waals surface area contributed by atoms with Crippen molar-refractivity contribution in [2.45, 2.75) is 6.92 Å². The van der Waals surface area contributed by atoms with Crippen LogP contribution in [0, 0.1) is 13.0 Å². The second-order valence-electron chi connectivity index (χ2n) is 2.31. The zero-order valence-electron chi connectivity index (χ0n) is 7.69. The molecule has 0 atom stereocenters. The number of aryl methyl sites for hydroxylation is 1. The van der Waals surface area contributed by atoms with E-state index in [0.29, 0.717) is 6.26 Å². The van der Waals surface area contributed by atoms with Gasteiger partial charge < -0.3 is 0 Å². The molecule has 0 bridgehead atoms. The third kappa shape index (κ3) is 18.7. The van der Waals surface area contributed by atoms with Crippen LogP contribution < -0.4 is 0 Å². The fourth-order valence-electron chi connectivity index (χ4n) is 0.470. The van der Waals surface area contributed by atoms with E-state index >= 15 is 0 Å². The Morgan fingerprint density at radius 3 is 1.77 bits per heavy atom. The summed E-state index contributed by atoms with van der Waals surface area (Å²) >= 11 is 0. The Morgan fingerprint density at radius 2 is 1.62 bits per heavy atom. The molecule has 0 aromatic heterocycles. The van der Waals surface area contributed by atoms with E-state index in [0.717, 1.165) is 0 Å². The third-order valence-corrected chi connectivity index (χ3v) is 0.885. The minimum atomic E-state index is -3.67. The van der Waals surface area contributed by atoms with Crippen LogP contribution in [0.1, 0.15) is 5.56 Å². The van der Waals surface area contributed by atoms with E-state index in [4.69, 9.17) is 4.55 Å². The van der Waals surface area contributed by atoms with Crippen molar-refractivity contribution >= 4 is 33.2 Å². The molecule has 1 rings (SSSR count). The van der Waals surface area contributed by atoms with Crippen LogP contribution in [0.2, 0.25) is 0 Å². The summed E-state index contributed by atoms with van der Waals surface area (Å²) in [6.45, 7) is 2.06. The summed E-state index contributed by atoms with van der Waals surface area (Å²) in [6, 6.07) is 10.8. The van der Waals surface area contributed by atoms with Gasteiger partial charge >= 0.3 is 23.1 Å². The number of rotatable bonds is 0. The van der Waals surface area contributed by atoms with E-state index in [1.165, 1.54) is 5.56 Å². The summed E-state index contributed by atoms with van der Waals surface area (Å²) in [7, 11) is -3.67. The SMILES string of the molecule is CS(=O)(=O)O.Cc1cc[c-]cc1.[Mg+2]. The van der Waals surface area contributed by atoms with Gasteiger partial charge in [0.15, 0.2) is 0 Å². The average Bonchev–Trinajstić information content (AvgIpc) is 1.85. The van der Waals surface area contributed by atoms with Crippen molar-refractivity contribution in [3.8, 4) is 0 Å². The number of hydrogen-bond donors (Lipinski definition) is 1. The van der Waals surface area contributed by atoms with Gasteiger partial charge in [0, 0.05) is 0 Å². The van der Waals surface area contributed by atoms with Gasteiger partial charge in [-0.2, -0.15) is 44.3 Å². The van der Waals surface area contributed by atoms with Gasteiger partial charge in [-0.05, 0) is 0 Å². The third-order valence-electron chi connectivity index (χ3n) is 0.885. The van der Waals surface area contributed by atoms with Crippen molar-refractivity contribution in [3.05, 3.63) is 35.9 Å². The zero-order valence-corrected chi connectivity index (χ0v) is 9.92. The summed E-state index contributed by atoms with van der Waals surface area (Å²) in [5, 5.41) is 0. The minimum Gasteiger partial charge on any atom is -0.286 e. The van der Waals surface area contributed by atoms with Crippen LogP contribution in [0.15, 0.2) is 24.3 Å². The number of benzene rings is 1. The van der Waals surface area contributed by atoms with E-state index in [9.17, 15) is 8.42 Å². The van der Waals surface area contributed by atoms with Crippen molar-refractivity contribution in [3.63, 3.8) is 0 Å². The molecule has 0 unspecified atom stereocenters. The molecule has 0 heterocycles. The first-order valence-corrected chi connectivity index (χ1v) is 5.09. The van der Waals surface area contributed by atoms with Crippen molar-refractivity contribution in [2.24, 2.45) is 0 Å². The van der Waals surface area contributed by atoms with Gasteiger partial charge in [0.25, 0.3) is 10.1 Å². The van der Waals surface area contributed by atoms with Crippen LogP contribution in [0.25, 0.3) is 0 Å². The molecule has 5 heteroatoms. The molecule has 0 saturated carbocycles. The summed E-state index contributed by atoms with van der Waals surface area (Å²) in [4.78, 5) is 0. The average molecular weight is 212 g/mol. The maximum atomic E-state index is 9.19. The smallest absolute Gasteiger partial charge is 0.286 e. The summed E-state index contributed by atoms with van der Waals surface area (Å²) < 4.78 is 25.9. The molecule has 0 fully saturated rings. The molecule has 0 aliphatic carbocycles. The molecule has 1 N–H and O–H groups in total. The van der Waals surface area contributed by atoms with Crippen molar-refractivity contribution in [1.29, 1.82) is 0 Å². The largest absolute Gasteiger partial charge is 2.00 e. The zero-order chi connectivity index (χ0) is 9.61. The Balaban J connectivity index is 0.